The van der Waals surface area contributed by atoms with E-state index in [1.54, 1.807) is 4.90 Å². The first kappa shape index (κ1) is 20.6. The molecule has 1 aliphatic heterocycles. The number of ether oxygens (including phenoxy) is 1. The van der Waals surface area contributed by atoms with Crippen LogP contribution in [0, 0.1) is 11.8 Å². The average Bonchev–Trinajstić information content (AvgIpc) is 2.73. The van der Waals surface area contributed by atoms with Crippen molar-refractivity contribution in [3.05, 3.63) is 65.2 Å². The molecular weight excluding hydrogens is 366 g/mol. The van der Waals surface area contributed by atoms with Crippen LogP contribution in [0.1, 0.15) is 29.5 Å². The van der Waals surface area contributed by atoms with E-state index in [-0.39, 0.29) is 24.7 Å². The van der Waals surface area contributed by atoms with Gasteiger partial charge in [-0.1, -0.05) is 42.2 Å². The highest BCUT2D eigenvalue weighted by Crippen LogP contribution is 2.26. The van der Waals surface area contributed by atoms with Gasteiger partial charge in [0.15, 0.2) is 0 Å². The molecule has 0 aromatic heterocycles. The highest BCUT2D eigenvalue weighted by atomic mass is 16.5. The van der Waals surface area contributed by atoms with Crippen molar-refractivity contribution >= 4 is 17.5 Å². The summed E-state index contributed by atoms with van der Waals surface area (Å²) in [6.45, 7) is 2.16. The Balaban J connectivity index is 1.67. The number of para-hydroxylation sites is 1. The monoisotopic (exact) mass is 391 g/mol. The fourth-order valence-electron chi connectivity index (χ4n) is 3.10. The van der Waals surface area contributed by atoms with Crippen LogP contribution in [0.5, 0.6) is 0 Å². The number of anilines is 1. The number of carbonyl (C=O) groups excluding carboxylic acids is 2. The maximum Gasteiger partial charge on any atom is 0.227 e. The SMILES string of the molecule is NCCOCCNC(=O)CCC(=O)N1Cc2ccccc2C#Cc2ccccc21. The Labute approximate surface area is 171 Å². The summed E-state index contributed by atoms with van der Waals surface area (Å²) in [6.07, 6.45) is 0.251. The number of hydrogen-bond donors (Lipinski definition) is 2. The number of nitrogens with one attached hydrogen (secondary N) is 1. The van der Waals surface area contributed by atoms with Crippen LogP contribution in [0.4, 0.5) is 5.69 Å². The largest absolute Gasteiger partial charge is 0.378 e. The zero-order chi connectivity index (χ0) is 20.5. The molecular formula is C23H25N3O3. The summed E-state index contributed by atoms with van der Waals surface area (Å²) in [5.41, 5.74) is 8.82. The first-order valence-corrected chi connectivity index (χ1v) is 9.73. The fraction of sp³-hybridized carbons (Fsp3) is 0.304. The van der Waals surface area contributed by atoms with Crippen LogP contribution in [-0.4, -0.2) is 38.1 Å². The van der Waals surface area contributed by atoms with Crippen LogP contribution in [0.2, 0.25) is 0 Å². The number of amides is 2. The Kier molecular flexibility index (Phi) is 7.40. The van der Waals surface area contributed by atoms with Crippen molar-refractivity contribution in [2.24, 2.45) is 5.73 Å². The van der Waals surface area contributed by atoms with E-state index in [9.17, 15) is 9.59 Å². The fourth-order valence-corrected chi connectivity index (χ4v) is 3.10. The van der Waals surface area contributed by atoms with Gasteiger partial charge in [0.25, 0.3) is 0 Å². The lowest BCUT2D eigenvalue weighted by atomic mass is 10.0. The summed E-state index contributed by atoms with van der Waals surface area (Å²) in [6, 6.07) is 15.4. The van der Waals surface area contributed by atoms with Crippen molar-refractivity contribution in [3.8, 4) is 11.8 Å². The third-order valence-electron chi connectivity index (χ3n) is 4.57. The molecule has 3 rings (SSSR count). The molecule has 1 aliphatic rings. The summed E-state index contributed by atoms with van der Waals surface area (Å²) in [4.78, 5) is 26.8. The zero-order valence-electron chi connectivity index (χ0n) is 16.3. The maximum absolute atomic E-state index is 13.0. The van der Waals surface area contributed by atoms with Gasteiger partial charge < -0.3 is 20.7 Å². The smallest absolute Gasteiger partial charge is 0.227 e. The van der Waals surface area contributed by atoms with E-state index in [0.717, 1.165) is 22.4 Å². The van der Waals surface area contributed by atoms with Crippen molar-refractivity contribution < 1.29 is 14.3 Å². The molecule has 0 unspecified atom stereocenters. The minimum atomic E-state index is -0.171. The molecule has 0 atom stereocenters. The van der Waals surface area contributed by atoms with E-state index < -0.39 is 0 Å². The molecule has 150 valence electrons. The minimum absolute atomic E-state index is 0.106. The lowest BCUT2D eigenvalue weighted by Crippen LogP contribution is -2.34. The summed E-state index contributed by atoms with van der Waals surface area (Å²) >= 11 is 0. The molecule has 3 N–H and O–H groups in total. The number of fused-ring (bicyclic) bond motifs is 2. The number of nitrogens with two attached hydrogens (primary N) is 1. The molecule has 6 heteroatoms. The molecule has 0 saturated heterocycles. The standard InChI is InChI=1S/C23H25N3O3/c24-13-15-29-16-14-25-22(27)11-12-23(28)26-17-20-7-2-1-5-18(20)9-10-19-6-3-4-8-21(19)26/h1-8H,11-17,24H2,(H,25,27). The molecule has 29 heavy (non-hydrogen) atoms. The van der Waals surface area contributed by atoms with Crippen molar-refractivity contribution in [1.29, 1.82) is 0 Å². The van der Waals surface area contributed by atoms with Gasteiger partial charge in [-0.05, 0) is 23.8 Å². The topological polar surface area (TPSA) is 84.7 Å². The zero-order valence-corrected chi connectivity index (χ0v) is 16.3. The van der Waals surface area contributed by atoms with Crippen LogP contribution in [-0.2, 0) is 20.9 Å². The molecule has 2 aromatic carbocycles. The molecule has 0 spiro atoms. The molecule has 0 saturated carbocycles. The molecule has 1 heterocycles. The Morgan fingerprint density at radius 2 is 1.72 bits per heavy atom. The van der Waals surface area contributed by atoms with Crippen molar-refractivity contribution in [2.75, 3.05) is 31.2 Å². The first-order valence-electron chi connectivity index (χ1n) is 9.73. The Bertz CT molecular complexity index is 930. The number of benzene rings is 2. The second-order valence-corrected chi connectivity index (χ2v) is 6.66. The maximum atomic E-state index is 13.0. The van der Waals surface area contributed by atoms with E-state index >= 15 is 0 Å². The Hall–Kier alpha value is -3.14. The number of nitrogens with zero attached hydrogens (tertiary/aromatic N) is 1. The second kappa shape index (κ2) is 10.4. The summed E-state index contributed by atoms with van der Waals surface area (Å²) in [7, 11) is 0. The number of carbonyl (C=O) groups is 2. The predicted molar refractivity (Wildman–Crippen MR) is 112 cm³/mol. The summed E-state index contributed by atoms with van der Waals surface area (Å²) in [5, 5.41) is 2.76. The molecule has 0 bridgehead atoms. The third-order valence-corrected chi connectivity index (χ3v) is 4.57. The second-order valence-electron chi connectivity index (χ2n) is 6.66. The normalized spacial score (nSPS) is 12.0. The Morgan fingerprint density at radius 1 is 1.00 bits per heavy atom. The van der Waals surface area contributed by atoms with Crippen LogP contribution >= 0.6 is 0 Å². The van der Waals surface area contributed by atoms with Gasteiger partial charge in [-0.15, -0.1) is 0 Å². The van der Waals surface area contributed by atoms with Crippen LogP contribution in [0.3, 0.4) is 0 Å². The Morgan fingerprint density at radius 3 is 2.55 bits per heavy atom. The van der Waals surface area contributed by atoms with E-state index in [1.165, 1.54) is 0 Å². The quantitative estimate of drug-likeness (QED) is 0.531. The van der Waals surface area contributed by atoms with Gasteiger partial charge in [-0.25, -0.2) is 0 Å². The first-order chi connectivity index (χ1) is 14.2. The van der Waals surface area contributed by atoms with Gasteiger partial charge in [0, 0.05) is 37.1 Å². The number of hydrogen-bond acceptors (Lipinski definition) is 4. The third kappa shape index (κ3) is 5.67. The predicted octanol–water partition coefficient (Wildman–Crippen LogP) is 1.80. The van der Waals surface area contributed by atoms with Crippen LogP contribution < -0.4 is 16.0 Å². The molecule has 0 fully saturated rings. The minimum Gasteiger partial charge on any atom is -0.378 e. The van der Waals surface area contributed by atoms with E-state index in [2.05, 4.69) is 17.2 Å². The average molecular weight is 391 g/mol. The number of rotatable bonds is 8. The van der Waals surface area contributed by atoms with Crippen molar-refractivity contribution in [1.82, 2.24) is 5.32 Å². The van der Waals surface area contributed by atoms with Gasteiger partial charge in [0.05, 0.1) is 25.4 Å². The van der Waals surface area contributed by atoms with Gasteiger partial charge >= 0.3 is 0 Å². The lowest BCUT2D eigenvalue weighted by molar-refractivity contribution is -0.125. The van der Waals surface area contributed by atoms with Gasteiger partial charge in [-0.2, -0.15) is 0 Å². The molecule has 0 aliphatic carbocycles. The van der Waals surface area contributed by atoms with Crippen LogP contribution in [0.25, 0.3) is 0 Å². The summed E-state index contributed by atoms with van der Waals surface area (Å²) in [5.74, 6) is 6.09. The van der Waals surface area contributed by atoms with Crippen molar-refractivity contribution in [2.45, 2.75) is 19.4 Å². The van der Waals surface area contributed by atoms with Gasteiger partial charge in [0.1, 0.15) is 0 Å². The van der Waals surface area contributed by atoms with Crippen LogP contribution in [0.15, 0.2) is 48.5 Å². The van der Waals surface area contributed by atoms with Gasteiger partial charge in [0.2, 0.25) is 11.8 Å². The van der Waals surface area contributed by atoms with Crippen molar-refractivity contribution in [3.63, 3.8) is 0 Å². The molecule has 0 radical (unpaired) electrons. The van der Waals surface area contributed by atoms with E-state index in [1.807, 2.05) is 48.5 Å². The molecule has 2 aromatic rings. The molecule has 6 nitrogen and oxygen atoms in total. The van der Waals surface area contributed by atoms with E-state index in [0.29, 0.717) is 32.8 Å². The molecule has 2 amide bonds. The highest BCUT2D eigenvalue weighted by molar-refractivity contribution is 5.96. The summed E-state index contributed by atoms with van der Waals surface area (Å²) < 4.78 is 5.22. The van der Waals surface area contributed by atoms with Gasteiger partial charge in [-0.3, -0.25) is 9.59 Å². The highest BCUT2D eigenvalue weighted by Gasteiger charge is 2.21. The lowest BCUT2D eigenvalue weighted by Gasteiger charge is -2.26. The van der Waals surface area contributed by atoms with E-state index in [4.69, 9.17) is 10.5 Å².